The Balaban J connectivity index is 1.72. The predicted molar refractivity (Wildman–Crippen MR) is 69.5 cm³/mol. The molecule has 2 aliphatic heterocycles. The zero-order valence-corrected chi connectivity index (χ0v) is 10.7. The molecule has 0 amide bonds. The SMILES string of the molecule is Cc1cc(N)cnc1N1CCC2(CC1)OCCO2. The van der Waals surface area contributed by atoms with Crippen LogP contribution in [-0.2, 0) is 9.47 Å². The van der Waals surface area contributed by atoms with Gasteiger partial charge in [-0.15, -0.1) is 0 Å². The normalized spacial score (nSPS) is 22.6. The van der Waals surface area contributed by atoms with Gasteiger partial charge in [0.2, 0.25) is 0 Å². The van der Waals surface area contributed by atoms with Crippen LogP contribution in [0.15, 0.2) is 12.3 Å². The summed E-state index contributed by atoms with van der Waals surface area (Å²) in [5.41, 5.74) is 7.57. The third-order valence-corrected chi connectivity index (χ3v) is 3.71. The Morgan fingerprint density at radius 2 is 1.94 bits per heavy atom. The van der Waals surface area contributed by atoms with E-state index in [1.165, 1.54) is 0 Å². The van der Waals surface area contributed by atoms with Crippen molar-refractivity contribution in [3.05, 3.63) is 17.8 Å². The van der Waals surface area contributed by atoms with Crippen molar-refractivity contribution < 1.29 is 9.47 Å². The Bertz CT molecular complexity index is 434. The molecule has 0 radical (unpaired) electrons. The first-order valence-electron chi connectivity index (χ1n) is 6.44. The number of hydrogen-bond donors (Lipinski definition) is 1. The highest BCUT2D eigenvalue weighted by Crippen LogP contribution is 2.33. The summed E-state index contributed by atoms with van der Waals surface area (Å²) >= 11 is 0. The van der Waals surface area contributed by atoms with Gasteiger partial charge in [-0.1, -0.05) is 0 Å². The lowest BCUT2D eigenvalue weighted by Gasteiger charge is -2.38. The van der Waals surface area contributed by atoms with E-state index in [9.17, 15) is 0 Å². The number of pyridine rings is 1. The Kier molecular flexibility index (Phi) is 2.87. The van der Waals surface area contributed by atoms with Crippen LogP contribution < -0.4 is 10.6 Å². The molecule has 3 rings (SSSR count). The van der Waals surface area contributed by atoms with Crippen LogP contribution in [0.25, 0.3) is 0 Å². The maximum atomic E-state index is 5.73. The van der Waals surface area contributed by atoms with Crippen molar-refractivity contribution in [2.24, 2.45) is 0 Å². The van der Waals surface area contributed by atoms with Gasteiger partial charge in [0.05, 0.1) is 25.1 Å². The van der Waals surface area contributed by atoms with Gasteiger partial charge in [-0.2, -0.15) is 0 Å². The number of anilines is 2. The summed E-state index contributed by atoms with van der Waals surface area (Å²) < 4.78 is 11.5. The Hall–Kier alpha value is -1.33. The monoisotopic (exact) mass is 249 g/mol. The smallest absolute Gasteiger partial charge is 0.171 e. The van der Waals surface area contributed by atoms with Crippen molar-refractivity contribution in [3.8, 4) is 0 Å². The Morgan fingerprint density at radius 1 is 1.28 bits per heavy atom. The van der Waals surface area contributed by atoms with Gasteiger partial charge in [0.15, 0.2) is 5.79 Å². The van der Waals surface area contributed by atoms with Crippen LogP contribution in [0.2, 0.25) is 0 Å². The summed E-state index contributed by atoms with van der Waals surface area (Å²) in [6.07, 6.45) is 3.52. The topological polar surface area (TPSA) is 60.6 Å². The van der Waals surface area contributed by atoms with Gasteiger partial charge >= 0.3 is 0 Å². The van der Waals surface area contributed by atoms with Gasteiger partial charge in [0, 0.05) is 25.9 Å². The molecule has 5 nitrogen and oxygen atoms in total. The molecule has 0 bridgehead atoms. The fourth-order valence-corrected chi connectivity index (χ4v) is 2.77. The van der Waals surface area contributed by atoms with Crippen LogP contribution >= 0.6 is 0 Å². The van der Waals surface area contributed by atoms with Crippen molar-refractivity contribution in [3.63, 3.8) is 0 Å². The van der Waals surface area contributed by atoms with Gasteiger partial charge in [-0.25, -0.2) is 4.98 Å². The van der Waals surface area contributed by atoms with Gasteiger partial charge in [0.1, 0.15) is 5.82 Å². The van der Waals surface area contributed by atoms with E-state index in [2.05, 4.69) is 9.88 Å². The van der Waals surface area contributed by atoms with E-state index in [1.807, 2.05) is 13.0 Å². The molecule has 1 aromatic rings. The van der Waals surface area contributed by atoms with E-state index in [0.29, 0.717) is 5.69 Å². The summed E-state index contributed by atoms with van der Waals surface area (Å²) in [7, 11) is 0. The number of hydrogen-bond acceptors (Lipinski definition) is 5. The first-order valence-corrected chi connectivity index (χ1v) is 6.44. The van der Waals surface area contributed by atoms with E-state index in [4.69, 9.17) is 15.2 Å². The van der Waals surface area contributed by atoms with E-state index in [0.717, 1.165) is 50.5 Å². The number of nitrogen functional groups attached to an aromatic ring is 1. The van der Waals surface area contributed by atoms with Gasteiger partial charge < -0.3 is 20.1 Å². The van der Waals surface area contributed by atoms with Crippen molar-refractivity contribution in [1.82, 2.24) is 4.98 Å². The molecule has 2 saturated heterocycles. The number of nitrogens with two attached hydrogens (primary N) is 1. The van der Waals surface area contributed by atoms with Gasteiger partial charge in [-0.05, 0) is 18.6 Å². The molecule has 0 aromatic carbocycles. The second-order valence-electron chi connectivity index (χ2n) is 5.00. The molecule has 0 unspecified atom stereocenters. The molecule has 2 aliphatic rings. The lowest BCUT2D eigenvalue weighted by Crippen LogP contribution is -2.45. The van der Waals surface area contributed by atoms with Crippen molar-refractivity contribution in [1.29, 1.82) is 0 Å². The maximum absolute atomic E-state index is 5.73. The second kappa shape index (κ2) is 4.40. The lowest BCUT2D eigenvalue weighted by molar-refractivity contribution is -0.169. The molecule has 0 saturated carbocycles. The maximum Gasteiger partial charge on any atom is 0.171 e. The Morgan fingerprint density at radius 3 is 2.56 bits per heavy atom. The largest absolute Gasteiger partial charge is 0.397 e. The first kappa shape index (κ1) is 11.7. The third-order valence-electron chi connectivity index (χ3n) is 3.71. The number of piperidine rings is 1. The molecule has 1 spiro atoms. The Labute approximate surface area is 107 Å². The van der Waals surface area contributed by atoms with Crippen LogP contribution in [0.5, 0.6) is 0 Å². The molecule has 2 N–H and O–H groups in total. The molecule has 5 heteroatoms. The summed E-state index contributed by atoms with van der Waals surface area (Å²) in [5.74, 6) is 0.704. The highest BCUT2D eigenvalue weighted by Gasteiger charge is 2.40. The quantitative estimate of drug-likeness (QED) is 0.813. The molecular weight excluding hydrogens is 230 g/mol. The minimum atomic E-state index is -0.321. The fourth-order valence-electron chi connectivity index (χ4n) is 2.77. The molecule has 98 valence electrons. The molecule has 1 aromatic heterocycles. The van der Waals surface area contributed by atoms with Crippen molar-refractivity contribution in [2.75, 3.05) is 36.9 Å². The van der Waals surface area contributed by atoms with E-state index >= 15 is 0 Å². The standard InChI is InChI=1S/C13H19N3O2/c1-10-8-11(14)9-15-12(10)16-4-2-13(3-5-16)17-6-7-18-13/h8-9H,2-7,14H2,1H3. The molecule has 3 heterocycles. The number of ether oxygens (including phenoxy) is 2. The van der Waals surface area contributed by atoms with Crippen LogP contribution in [-0.4, -0.2) is 37.1 Å². The lowest BCUT2D eigenvalue weighted by atomic mass is 10.0. The van der Waals surface area contributed by atoms with Gasteiger partial charge in [-0.3, -0.25) is 0 Å². The average Bonchev–Trinajstić information content (AvgIpc) is 2.80. The number of rotatable bonds is 1. The molecular formula is C13H19N3O2. The van der Waals surface area contributed by atoms with Crippen LogP contribution in [0.1, 0.15) is 18.4 Å². The zero-order chi connectivity index (χ0) is 12.6. The van der Waals surface area contributed by atoms with E-state index in [-0.39, 0.29) is 5.79 Å². The molecule has 2 fully saturated rings. The highest BCUT2D eigenvalue weighted by molar-refractivity contribution is 5.52. The average molecular weight is 249 g/mol. The summed E-state index contributed by atoms with van der Waals surface area (Å²) in [6, 6.07) is 1.97. The number of aromatic nitrogens is 1. The van der Waals surface area contributed by atoms with Crippen molar-refractivity contribution in [2.45, 2.75) is 25.6 Å². The molecule has 0 atom stereocenters. The van der Waals surface area contributed by atoms with Crippen LogP contribution in [0, 0.1) is 6.92 Å². The van der Waals surface area contributed by atoms with Gasteiger partial charge in [0.25, 0.3) is 0 Å². The fraction of sp³-hybridized carbons (Fsp3) is 0.615. The predicted octanol–water partition coefficient (Wildman–Crippen LogP) is 1.32. The first-order chi connectivity index (χ1) is 8.69. The van der Waals surface area contributed by atoms with E-state index < -0.39 is 0 Å². The minimum Gasteiger partial charge on any atom is -0.397 e. The van der Waals surface area contributed by atoms with E-state index in [1.54, 1.807) is 6.20 Å². The molecule has 18 heavy (non-hydrogen) atoms. The minimum absolute atomic E-state index is 0.321. The molecule has 0 aliphatic carbocycles. The second-order valence-corrected chi connectivity index (χ2v) is 5.00. The summed E-state index contributed by atoms with van der Waals surface area (Å²) in [6.45, 7) is 5.32. The van der Waals surface area contributed by atoms with Crippen molar-refractivity contribution >= 4 is 11.5 Å². The third kappa shape index (κ3) is 2.04. The summed E-state index contributed by atoms with van der Waals surface area (Å²) in [5, 5.41) is 0. The zero-order valence-electron chi connectivity index (χ0n) is 10.7. The number of nitrogens with zero attached hydrogens (tertiary/aromatic N) is 2. The number of aryl methyl sites for hydroxylation is 1. The summed E-state index contributed by atoms with van der Waals surface area (Å²) in [4.78, 5) is 6.72. The van der Waals surface area contributed by atoms with Crippen LogP contribution in [0.3, 0.4) is 0 Å². The van der Waals surface area contributed by atoms with Crippen LogP contribution in [0.4, 0.5) is 11.5 Å². The highest BCUT2D eigenvalue weighted by atomic mass is 16.7.